The van der Waals surface area contributed by atoms with E-state index in [4.69, 9.17) is 21.7 Å². The fourth-order valence-electron chi connectivity index (χ4n) is 6.29. The maximum Gasteiger partial charge on any atom is 0.322 e. The van der Waals surface area contributed by atoms with Crippen molar-refractivity contribution in [2.24, 2.45) is 23.3 Å². The van der Waals surface area contributed by atoms with Crippen molar-refractivity contribution >= 4 is 59.2 Å². The fraction of sp³-hybridized carbons (Fsp3) is 0.649. The number of carbonyl (C=O) groups is 10. The highest BCUT2D eigenvalue weighted by molar-refractivity contribution is 5.98. The number of nitrogens with two attached hydrogens (primary N) is 2. The van der Waals surface area contributed by atoms with Crippen LogP contribution in [0.15, 0.2) is 12.5 Å². The van der Waals surface area contributed by atoms with Crippen molar-refractivity contribution in [3.8, 4) is 0 Å². The third-order valence-electron chi connectivity index (χ3n) is 9.44. The zero-order valence-corrected chi connectivity index (χ0v) is 34.4. The van der Waals surface area contributed by atoms with Crippen LogP contribution in [0.2, 0.25) is 0 Å². The molecule has 60 heavy (non-hydrogen) atoms. The van der Waals surface area contributed by atoms with Crippen molar-refractivity contribution in [1.29, 1.82) is 0 Å². The Hall–Kier alpha value is -6.13. The molecular formula is C37H59N11O12. The van der Waals surface area contributed by atoms with Crippen LogP contribution in [0, 0.1) is 11.8 Å². The fourth-order valence-corrected chi connectivity index (χ4v) is 6.29. The highest BCUT2D eigenvalue weighted by Gasteiger charge is 2.40. The van der Waals surface area contributed by atoms with Crippen LogP contribution in [0.25, 0.3) is 0 Å². The molecule has 23 heteroatoms. The molecule has 0 aromatic carbocycles. The van der Waals surface area contributed by atoms with Gasteiger partial charge in [-0.05, 0) is 50.9 Å². The van der Waals surface area contributed by atoms with Gasteiger partial charge in [0.05, 0.1) is 12.4 Å². The molecule has 1 saturated heterocycles. The second-order valence-corrected chi connectivity index (χ2v) is 15.4. The summed E-state index contributed by atoms with van der Waals surface area (Å²) < 4.78 is 0. The molecule has 0 saturated carbocycles. The van der Waals surface area contributed by atoms with Crippen LogP contribution in [-0.4, -0.2) is 140 Å². The van der Waals surface area contributed by atoms with Crippen molar-refractivity contribution in [3.05, 3.63) is 18.2 Å². The number of likely N-dealkylation sites (tertiary alicyclic amines) is 1. The Morgan fingerprint density at radius 3 is 1.93 bits per heavy atom. The number of carboxylic acids is 2. The molecule has 8 amide bonds. The van der Waals surface area contributed by atoms with Gasteiger partial charge < -0.3 is 63.5 Å². The molecule has 1 aromatic rings. The van der Waals surface area contributed by atoms with Crippen LogP contribution in [0.4, 0.5) is 0 Å². The molecule has 23 nitrogen and oxygen atoms in total. The van der Waals surface area contributed by atoms with Crippen LogP contribution in [0.1, 0.15) is 85.3 Å². The van der Waals surface area contributed by atoms with Crippen LogP contribution < -0.4 is 43.4 Å². The Kier molecular flexibility index (Phi) is 20.1. The van der Waals surface area contributed by atoms with E-state index in [2.05, 4.69) is 41.9 Å². The lowest BCUT2D eigenvalue weighted by Crippen LogP contribution is -2.60. The van der Waals surface area contributed by atoms with Gasteiger partial charge in [0, 0.05) is 37.7 Å². The lowest BCUT2D eigenvalue weighted by atomic mass is 9.98. The predicted molar refractivity (Wildman–Crippen MR) is 211 cm³/mol. The summed E-state index contributed by atoms with van der Waals surface area (Å²) in [7, 11) is 0. The van der Waals surface area contributed by atoms with Crippen molar-refractivity contribution in [2.75, 3.05) is 13.1 Å². The third-order valence-corrected chi connectivity index (χ3v) is 9.44. The van der Waals surface area contributed by atoms with Gasteiger partial charge in [-0.1, -0.05) is 27.7 Å². The number of imidazole rings is 1. The topological polar surface area (TPSA) is 367 Å². The predicted octanol–water partition coefficient (Wildman–Crippen LogP) is -3.25. The number of aromatic amines is 1. The van der Waals surface area contributed by atoms with Crippen LogP contribution >= 0.6 is 0 Å². The molecule has 0 bridgehead atoms. The van der Waals surface area contributed by atoms with Crippen molar-refractivity contribution in [1.82, 2.24) is 46.8 Å². The molecule has 1 aliphatic heterocycles. The molecule has 0 radical (unpaired) electrons. The minimum Gasteiger partial charge on any atom is -0.481 e. The van der Waals surface area contributed by atoms with Gasteiger partial charge in [-0.15, -0.1) is 0 Å². The first-order valence-corrected chi connectivity index (χ1v) is 19.7. The molecule has 13 N–H and O–H groups in total. The molecule has 334 valence electrons. The van der Waals surface area contributed by atoms with Crippen LogP contribution in [-0.2, 0) is 54.4 Å². The maximum atomic E-state index is 13.9. The summed E-state index contributed by atoms with van der Waals surface area (Å²) in [6, 6.07) is -8.66. The molecule has 1 aromatic heterocycles. The normalized spacial score (nSPS) is 16.7. The number of hydrogen-bond donors (Lipinski definition) is 11. The summed E-state index contributed by atoms with van der Waals surface area (Å²) in [5.41, 5.74) is 11.6. The minimum atomic E-state index is -1.46. The SMILES string of the molecule is CC(C)C[C@H](NC(=O)[C@H](CCC(N)=O)NC(=O)[C@@H]1CCCN1C(=O)[C@H](Cc1cnc[nH]1)NC(=O)[C@H](C)N)C(=O)N[C@H](C(=O)N[C@@H](CCC(=O)O)C(=O)NCC(=O)O)C(C)C. The first-order chi connectivity index (χ1) is 28.1. The van der Waals surface area contributed by atoms with Gasteiger partial charge >= 0.3 is 11.9 Å². The van der Waals surface area contributed by atoms with Gasteiger partial charge in [0.25, 0.3) is 0 Å². The zero-order chi connectivity index (χ0) is 45.3. The second kappa shape index (κ2) is 24.1. The van der Waals surface area contributed by atoms with Crippen molar-refractivity contribution in [2.45, 2.75) is 128 Å². The summed E-state index contributed by atoms with van der Waals surface area (Å²) in [4.78, 5) is 136. The quantitative estimate of drug-likeness (QED) is 0.0461. The van der Waals surface area contributed by atoms with E-state index < -0.39 is 127 Å². The highest BCUT2D eigenvalue weighted by atomic mass is 16.4. The van der Waals surface area contributed by atoms with E-state index in [0.29, 0.717) is 12.1 Å². The number of nitrogens with one attached hydrogen (secondary N) is 7. The summed E-state index contributed by atoms with van der Waals surface area (Å²) in [6.07, 6.45) is 1.98. The molecule has 2 rings (SSSR count). The smallest absolute Gasteiger partial charge is 0.322 e. The van der Waals surface area contributed by atoms with Crippen LogP contribution in [0.3, 0.4) is 0 Å². The van der Waals surface area contributed by atoms with Gasteiger partial charge in [0.1, 0.15) is 42.8 Å². The van der Waals surface area contributed by atoms with E-state index in [1.54, 1.807) is 27.7 Å². The Balaban J connectivity index is 2.30. The summed E-state index contributed by atoms with van der Waals surface area (Å²) >= 11 is 0. The molecule has 7 atom stereocenters. The Morgan fingerprint density at radius 2 is 1.38 bits per heavy atom. The average Bonchev–Trinajstić information content (AvgIpc) is 3.87. The maximum absolute atomic E-state index is 13.9. The van der Waals surface area contributed by atoms with E-state index in [0.717, 1.165) is 0 Å². The van der Waals surface area contributed by atoms with Gasteiger partial charge in [0.15, 0.2) is 0 Å². The standard InChI is InChI=1S/C37H59N11O12/c1-18(2)13-24(34(57)47-30(19(3)4)36(59)44-22(9-11-28(50)51)32(55)41-16-29(52)53)45-33(56)23(8-10-27(39)49)43-35(58)26-7-6-12-48(26)37(60)25(46-31(54)20(5)38)14-21-15-40-17-42-21/h15,17-20,22-26,30H,6-14,16,38H2,1-5H3,(H2,39,49)(H,40,42)(H,41,55)(H,43,58)(H,44,59)(H,45,56)(H,46,54)(H,47,57)(H,50,51)(H,52,53)/t20-,22-,23-,24-,25-,26-,30-/m0/s1. The lowest BCUT2D eigenvalue weighted by molar-refractivity contribution is -0.142. The first kappa shape index (κ1) is 50.0. The average molecular weight is 850 g/mol. The monoisotopic (exact) mass is 849 g/mol. The number of nitrogens with zero attached hydrogens (tertiary/aromatic N) is 2. The van der Waals surface area contributed by atoms with E-state index in [1.165, 1.54) is 24.3 Å². The first-order valence-electron chi connectivity index (χ1n) is 19.7. The Labute approximate surface area is 346 Å². The number of primary amides is 1. The molecule has 0 spiro atoms. The van der Waals surface area contributed by atoms with Crippen molar-refractivity contribution < 1.29 is 58.2 Å². The van der Waals surface area contributed by atoms with E-state index in [9.17, 15) is 47.9 Å². The number of amides is 8. The van der Waals surface area contributed by atoms with Crippen molar-refractivity contribution in [3.63, 3.8) is 0 Å². The van der Waals surface area contributed by atoms with E-state index in [-0.39, 0.29) is 44.6 Å². The second-order valence-electron chi connectivity index (χ2n) is 15.4. The largest absolute Gasteiger partial charge is 0.481 e. The summed E-state index contributed by atoms with van der Waals surface area (Å²) in [5.74, 6) is -9.73. The number of carboxylic acid groups (broad SMARTS) is 2. The van der Waals surface area contributed by atoms with Gasteiger partial charge in [0.2, 0.25) is 47.3 Å². The van der Waals surface area contributed by atoms with E-state index >= 15 is 0 Å². The van der Waals surface area contributed by atoms with Crippen LogP contribution in [0.5, 0.6) is 0 Å². The summed E-state index contributed by atoms with van der Waals surface area (Å²) in [5, 5.41) is 32.9. The number of aliphatic carboxylic acids is 2. The van der Waals surface area contributed by atoms with Gasteiger partial charge in [-0.2, -0.15) is 0 Å². The zero-order valence-electron chi connectivity index (χ0n) is 34.4. The number of H-pyrrole nitrogens is 1. The molecule has 1 fully saturated rings. The third kappa shape index (κ3) is 16.6. The Morgan fingerprint density at radius 1 is 0.783 bits per heavy atom. The van der Waals surface area contributed by atoms with Gasteiger partial charge in [-0.3, -0.25) is 47.9 Å². The number of hydrogen-bond acceptors (Lipinski definition) is 12. The number of carbonyl (C=O) groups excluding carboxylic acids is 8. The van der Waals surface area contributed by atoms with Gasteiger partial charge in [-0.25, -0.2) is 4.98 Å². The van der Waals surface area contributed by atoms with E-state index in [1.807, 2.05) is 0 Å². The summed E-state index contributed by atoms with van der Waals surface area (Å²) in [6.45, 7) is 7.48. The Bertz CT molecular complexity index is 1700. The minimum absolute atomic E-state index is 0.0117. The molecular weight excluding hydrogens is 790 g/mol. The number of rotatable bonds is 25. The lowest BCUT2D eigenvalue weighted by Gasteiger charge is -2.31. The molecule has 2 heterocycles. The highest BCUT2D eigenvalue weighted by Crippen LogP contribution is 2.20. The molecule has 0 unspecified atom stereocenters. The number of aromatic nitrogens is 2. The molecule has 0 aliphatic carbocycles. The molecule has 1 aliphatic rings.